The van der Waals surface area contributed by atoms with Crippen LogP contribution in [0.5, 0.6) is 0 Å². The standard InChI is InChI=1S/C58H41NO/c1-57(2)48-25-12-9-21-43(48)46-36-35-42(37-52(46)57)59(41-33-31-39(32-34-41)38-17-5-3-6-18-38)53-29-15-24-47-55-51(28-16-30-54(55)60-56(47)53)58(40-19-7-4-8-20-40)49-26-13-10-22-44(49)45-23-11-14-27-50(45)58/h3-37H,1-2H3. The smallest absolute Gasteiger partial charge is 0.159 e. The van der Waals surface area contributed by atoms with Gasteiger partial charge in [0.05, 0.1) is 11.1 Å². The summed E-state index contributed by atoms with van der Waals surface area (Å²) in [4.78, 5) is 2.39. The molecule has 2 heteroatoms. The van der Waals surface area contributed by atoms with Gasteiger partial charge in [-0.3, -0.25) is 0 Å². The summed E-state index contributed by atoms with van der Waals surface area (Å²) < 4.78 is 7.20. The Balaban J connectivity index is 1.12. The van der Waals surface area contributed by atoms with Gasteiger partial charge in [0.15, 0.2) is 5.58 Å². The third kappa shape index (κ3) is 4.82. The lowest BCUT2D eigenvalue weighted by Gasteiger charge is -2.34. The number of hydrogen-bond donors (Lipinski definition) is 0. The first-order chi connectivity index (χ1) is 29.5. The molecule has 1 aromatic heterocycles. The summed E-state index contributed by atoms with van der Waals surface area (Å²) in [5, 5.41) is 2.23. The van der Waals surface area contributed by atoms with Crippen molar-refractivity contribution in [2.45, 2.75) is 24.7 Å². The molecule has 0 amide bonds. The molecule has 0 spiro atoms. The van der Waals surface area contributed by atoms with E-state index < -0.39 is 5.41 Å². The molecular formula is C58H41NO. The van der Waals surface area contributed by atoms with E-state index >= 15 is 0 Å². The van der Waals surface area contributed by atoms with Crippen LogP contribution in [0.25, 0.3) is 55.3 Å². The Hall–Kier alpha value is -7.42. The molecule has 0 radical (unpaired) electrons. The van der Waals surface area contributed by atoms with Gasteiger partial charge in [-0.2, -0.15) is 0 Å². The van der Waals surface area contributed by atoms with Crippen molar-refractivity contribution in [1.82, 2.24) is 0 Å². The predicted molar refractivity (Wildman–Crippen MR) is 249 cm³/mol. The highest BCUT2D eigenvalue weighted by Crippen LogP contribution is 2.58. The van der Waals surface area contributed by atoms with Crippen molar-refractivity contribution < 1.29 is 4.42 Å². The number of hydrogen-bond acceptors (Lipinski definition) is 2. The molecule has 10 aromatic rings. The minimum absolute atomic E-state index is 0.148. The van der Waals surface area contributed by atoms with Crippen molar-refractivity contribution in [3.63, 3.8) is 0 Å². The van der Waals surface area contributed by atoms with Gasteiger partial charge in [0.1, 0.15) is 5.58 Å². The van der Waals surface area contributed by atoms with Gasteiger partial charge < -0.3 is 9.32 Å². The van der Waals surface area contributed by atoms with E-state index in [4.69, 9.17) is 4.42 Å². The van der Waals surface area contributed by atoms with Gasteiger partial charge in [0.25, 0.3) is 0 Å². The largest absolute Gasteiger partial charge is 0.454 e. The molecule has 0 N–H and O–H groups in total. The maximum absolute atomic E-state index is 7.20. The summed E-state index contributed by atoms with van der Waals surface area (Å²) in [6, 6.07) is 77.7. The fourth-order valence-corrected chi connectivity index (χ4v) is 10.7. The van der Waals surface area contributed by atoms with Gasteiger partial charge in [0.2, 0.25) is 0 Å². The highest BCUT2D eigenvalue weighted by Gasteiger charge is 2.47. The van der Waals surface area contributed by atoms with Crippen LogP contribution < -0.4 is 4.90 Å². The number of fused-ring (bicyclic) bond motifs is 9. The summed E-state index contributed by atoms with van der Waals surface area (Å²) in [6.07, 6.45) is 0. The van der Waals surface area contributed by atoms with Gasteiger partial charge in [0, 0.05) is 27.6 Å². The Bertz CT molecular complexity index is 3240. The molecule has 1 heterocycles. The molecule has 0 bridgehead atoms. The molecule has 284 valence electrons. The van der Waals surface area contributed by atoms with Crippen molar-refractivity contribution >= 4 is 39.0 Å². The van der Waals surface area contributed by atoms with E-state index in [0.29, 0.717) is 0 Å². The fourth-order valence-electron chi connectivity index (χ4n) is 10.7. The highest BCUT2D eigenvalue weighted by molar-refractivity contribution is 6.13. The molecule has 0 fully saturated rings. The Kier molecular flexibility index (Phi) is 7.52. The quantitative estimate of drug-likeness (QED) is 0.168. The van der Waals surface area contributed by atoms with E-state index in [9.17, 15) is 0 Å². The average molecular weight is 768 g/mol. The molecule has 9 aromatic carbocycles. The molecule has 12 rings (SSSR count). The van der Waals surface area contributed by atoms with E-state index in [2.05, 4.69) is 231 Å². The molecule has 0 unspecified atom stereocenters. The topological polar surface area (TPSA) is 16.4 Å². The highest BCUT2D eigenvalue weighted by atomic mass is 16.3. The van der Waals surface area contributed by atoms with Crippen molar-refractivity contribution in [3.8, 4) is 33.4 Å². The van der Waals surface area contributed by atoms with Crippen LogP contribution in [0.2, 0.25) is 0 Å². The van der Waals surface area contributed by atoms with Gasteiger partial charge in [-0.25, -0.2) is 0 Å². The Morgan fingerprint density at radius 3 is 1.63 bits per heavy atom. The number of rotatable bonds is 6. The van der Waals surface area contributed by atoms with E-state index in [-0.39, 0.29) is 5.41 Å². The number of benzene rings is 9. The van der Waals surface area contributed by atoms with Crippen molar-refractivity contribution in [2.24, 2.45) is 0 Å². The second-order valence-corrected chi connectivity index (χ2v) is 16.8. The average Bonchev–Trinajstić information content (AvgIpc) is 3.92. The molecular weight excluding hydrogens is 727 g/mol. The zero-order valence-electron chi connectivity index (χ0n) is 33.6. The number of furan rings is 1. The van der Waals surface area contributed by atoms with Crippen molar-refractivity contribution in [1.29, 1.82) is 0 Å². The Morgan fingerprint density at radius 1 is 0.400 bits per heavy atom. The third-order valence-corrected chi connectivity index (χ3v) is 13.4. The molecule has 2 aliphatic rings. The summed E-state index contributed by atoms with van der Waals surface area (Å²) in [5.41, 5.74) is 19.4. The maximum atomic E-state index is 7.20. The first-order valence-corrected chi connectivity index (χ1v) is 20.9. The number of nitrogens with zero attached hydrogens (tertiary/aromatic N) is 1. The second-order valence-electron chi connectivity index (χ2n) is 16.8. The third-order valence-electron chi connectivity index (χ3n) is 13.4. The zero-order chi connectivity index (χ0) is 40.0. The van der Waals surface area contributed by atoms with Gasteiger partial charge in [-0.05, 0) is 103 Å². The maximum Gasteiger partial charge on any atom is 0.159 e. The normalized spacial score (nSPS) is 14.1. The molecule has 0 saturated carbocycles. The summed E-state index contributed by atoms with van der Waals surface area (Å²) in [5.74, 6) is 0. The zero-order valence-corrected chi connectivity index (χ0v) is 33.6. The lowest BCUT2D eigenvalue weighted by atomic mass is 9.66. The van der Waals surface area contributed by atoms with Crippen molar-refractivity contribution in [3.05, 3.63) is 246 Å². The summed E-state index contributed by atoms with van der Waals surface area (Å²) in [7, 11) is 0. The molecule has 60 heavy (non-hydrogen) atoms. The van der Waals surface area contributed by atoms with Crippen LogP contribution in [0, 0.1) is 0 Å². The fraction of sp³-hybridized carbons (Fsp3) is 0.0690. The number of anilines is 3. The van der Waals surface area contributed by atoms with Gasteiger partial charge >= 0.3 is 0 Å². The van der Waals surface area contributed by atoms with E-state index in [1.54, 1.807) is 0 Å². The van der Waals surface area contributed by atoms with Gasteiger partial charge in [-0.15, -0.1) is 0 Å². The predicted octanol–water partition coefficient (Wildman–Crippen LogP) is 15.4. The summed E-state index contributed by atoms with van der Waals surface area (Å²) >= 11 is 0. The van der Waals surface area contributed by atoms with Crippen LogP contribution in [0.3, 0.4) is 0 Å². The Labute approximate surface area is 350 Å². The van der Waals surface area contributed by atoms with Crippen molar-refractivity contribution in [2.75, 3.05) is 4.90 Å². The molecule has 2 aliphatic carbocycles. The van der Waals surface area contributed by atoms with Crippen LogP contribution in [0.15, 0.2) is 217 Å². The van der Waals surface area contributed by atoms with Crippen LogP contribution in [0.4, 0.5) is 17.1 Å². The lowest BCUT2D eigenvalue weighted by Crippen LogP contribution is -2.28. The van der Waals surface area contributed by atoms with E-state index in [1.165, 1.54) is 66.8 Å². The number of para-hydroxylation sites is 1. The summed E-state index contributed by atoms with van der Waals surface area (Å²) in [6.45, 7) is 4.70. The minimum Gasteiger partial charge on any atom is -0.454 e. The molecule has 0 atom stereocenters. The van der Waals surface area contributed by atoms with Crippen LogP contribution in [0.1, 0.15) is 47.2 Å². The minimum atomic E-state index is -0.561. The second kappa shape index (κ2) is 13.0. The monoisotopic (exact) mass is 767 g/mol. The first-order valence-electron chi connectivity index (χ1n) is 20.9. The SMILES string of the molecule is CC1(C)c2ccccc2-c2ccc(N(c3ccc(-c4ccccc4)cc3)c3cccc4c3oc3cccc(C5(c6ccccc6)c6ccccc6-c6ccccc65)c34)cc21. The molecule has 0 saturated heterocycles. The van der Waals surface area contributed by atoms with Crippen LogP contribution >= 0.6 is 0 Å². The van der Waals surface area contributed by atoms with E-state index in [1.807, 2.05) is 0 Å². The lowest BCUT2D eigenvalue weighted by molar-refractivity contribution is 0.660. The van der Waals surface area contributed by atoms with Crippen LogP contribution in [-0.4, -0.2) is 0 Å². The van der Waals surface area contributed by atoms with Gasteiger partial charge in [-0.1, -0.05) is 190 Å². The molecule has 2 nitrogen and oxygen atoms in total. The van der Waals surface area contributed by atoms with E-state index in [0.717, 1.165) is 39.0 Å². The first kappa shape index (κ1) is 34.6. The molecule has 0 aliphatic heterocycles. The Morgan fingerprint density at radius 2 is 0.933 bits per heavy atom. The van der Waals surface area contributed by atoms with Crippen LogP contribution in [-0.2, 0) is 10.8 Å².